The van der Waals surface area contributed by atoms with E-state index in [0.717, 1.165) is 19.5 Å². The topological polar surface area (TPSA) is 73.7 Å². The van der Waals surface area contributed by atoms with Crippen molar-refractivity contribution in [3.8, 4) is 0 Å². The van der Waals surface area contributed by atoms with Gasteiger partial charge in [-0.3, -0.25) is 4.57 Å². The van der Waals surface area contributed by atoms with E-state index < -0.39 is 8.72 Å². The van der Waals surface area contributed by atoms with Crippen LogP contribution in [-0.4, -0.2) is 52.7 Å². The molecule has 0 aromatic carbocycles. The molecule has 0 aromatic heterocycles. The van der Waals surface area contributed by atoms with E-state index in [9.17, 15) is 0 Å². The Hall–Kier alpha value is 0.0169. The highest BCUT2D eigenvalue weighted by atomic mass is 28.4. The van der Waals surface area contributed by atoms with E-state index in [1.54, 1.807) is 0 Å². The molecule has 0 amide bonds. The van der Waals surface area contributed by atoms with E-state index in [1.807, 2.05) is 13.8 Å². The number of nitrogens with two attached hydrogens (primary N) is 2. The van der Waals surface area contributed by atoms with Gasteiger partial charge in [-0.1, -0.05) is 0 Å². The first-order valence-corrected chi connectivity index (χ1v) is 8.34. The fourth-order valence-electron chi connectivity index (χ4n) is 1.72. The summed E-state index contributed by atoms with van der Waals surface area (Å²) in [5.74, 6) is 0. The lowest BCUT2D eigenvalue weighted by Gasteiger charge is -2.36. The number of rotatable bonds is 10. The second kappa shape index (κ2) is 9.09. The molecule has 0 atom stereocenters. The zero-order chi connectivity index (χ0) is 12.4. The third kappa shape index (κ3) is 5.38. The zero-order valence-corrected chi connectivity index (χ0v) is 11.9. The van der Waals surface area contributed by atoms with E-state index in [0.29, 0.717) is 26.3 Å². The third-order valence-corrected chi connectivity index (χ3v) is 5.67. The molecule has 0 heterocycles. The van der Waals surface area contributed by atoms with E-state index >= 15 is 0 Å². The first-order valence-electron chi connectivity index (χ1n) is 6.07. The van der Waals surface area contributed by atoms with Crippen molar-refractivity contribution in [2.75, 3.05) is 39.4 Å². The molecule has 0 aliphatic rings. The summed E-state index contributed by atoms with van der Waals surface area (Å²) in [6, 6.07) is 0. The maximum absolute atomic E-state index is 5.83. The predicted octanol–water partition coefficient (Wildman–Crippen LogP) is 0.238. The molecule has 0 saturated carbocycles. The van der Waals surface area contributed by atoms with E-state index in [4.69, 9.17) is 20.3 Å². The van der Waals surface area contributed by atoms with Crippen LogP contribution < -0.4 is 11.5 Å². The molecular weight excluding hydrogens is 222 g/mol. The average molecular weight is 249 g/mol. The molecule has 6 heteroatoms. The van der Waals surface area contributed by atoms with Crippen molar-refractivity contribution >= 4 is 8.72 Å². The Labute approximate surface area is 100 Å². The molecule has 0 spiro atoms. The third-order valence-electron chi connectivity index (χ3n) is 2.43. The fraction of sp³-hybridized carbons (Fsp3) is 1.00. The molecule has 0 aliphatic carbocycles. The summed E-state index contributed by atoms with van der Waals surface area (Å²) in [5.41, 5.74) is 11.2. The van der Waals surface area contributed by atoms with Gasteiger partial charge in [0.15, 0.2) is 0 Å². The molecule has 4 N–H and O–H groups in total. The van der Waals surface area contributed by atoms with Crippen molar-refractivity contribution in [3.05, 3.63) is 0 Å². The van der Waals surface area contributed by atoms with Crippen LogP contribution >= 0.6 is 0 Å². The Kier molecular flexibility index (Phi) is 9.10. The zero-order valence-electron chi connectivity index (χ0n) is 10.9. The van der Waals surface area contributed by atoms with Crippen LogP contribution in [0.1, 0.15) is 20.3 Å². The van der Waals surface area contributed by atoms with Crippen molar-refractivity contribution in [1.29, 1.82) is 0 Å². The van der Waals surface area contributed by atoms with Gasteiger partial charge in [0.1, 0.15) is 0 Å². The van der Waals surface area contributed by atoms with Crippen molar-refractivity contribution in [2.45, 2.75) is 26.8 Å². The minimum atomic E-state index is -2.24. The lowest BCUT2D eigenvalue weighted by molar-refractivity contribution is 0.127. The first-order chi connectivity index (χ1) is 7.64. The van der Waals surface area contributed by atoms with Crippen molar-refractivity contribution in [2.24, 2.45) is 11.5 Å². The highest BCUT2D eigenvalue weighted by molar-refractivity contribution is 6.63. The lowest BCUT2D eigenvalue weighted by Crippen LogP contribution is -2.58. The summed E-state index contributed by atoms with van der Waals surface area (Å²) in [5, 5.41) is 0. The normalized spacial score (nSPS) is 12.4. The first kappa shape index (κ1) is 16.0. The number of hydrogen-bond acceptors (Lipinski definition) is 5. The number of nitrogens with zero attached hydrogens (tertiary/aromatic N) is 1. The van der Waals surface area contributed by atoms with Gasteiger partial charge in [0.2, 0.25) is 0 Å². The summed E-state index contributed by atoms with van der Waals surface area (Å²) in [6.45, 7) is 10.4. The summed E-state index contributed by atoms with van der Waals surface area (Å²) in [6.07, 6.45) is 0.947. The monoisotopic (exact) mass is 249 g/mol. The summed E-state index contributed by atoms with van der Waals surface area (Å²) < 4.78 is 13.9. The molecule has 0 fully saturated rings. The van der Waals surface area contributed by atoms with Crippen LogP contribution in [0.15, 0.2) is 0 Å². The van der Waals surface area contributed by atoms with Crippen LogP contribution in [0.25, 0.3) is 0 Å². The predicted molar refractivity (Wildman–Crippen MR) is 69.2 cm³/mol. The Morgan fingerprint density at radius 1 is 1.00 bits per heavy atom. The van der Waals surface area contributed by atoms with Crippen LogP contribution in [0.3, 0.4) is 0 Å². The molecule has 0 rings (SSSR count). The molecule has 0 saturated heterocycles. The lowest BCUT2D eigenvalue weighted by atomic mass is 10.4. The molecular formula is C10H27N3O2Si. The van der Waals surface area contributed by atoms with Gasteiger partial charge < -0.3 is 20.3 Å². The van der Waals surface area contributed by atoms with Gasteiger partial charge in [0.05, 0.1) is 0 Å². The van der Waals surface area contributed by atoms with Crippen LogP contribution in [0.5, 0.6) is 0 Å². The second-order valence-corrected chi connectivity index (χ2v) is 6.69. The van der Waals surface area contributed by atoms with Gasteiger partial charge in [-0.25, -0.2) is 0 Å². The van der Waals surface area contributed by atoms with Crippen LogP contribution in [-0.2, 0) is 8.85 Å². The summed E-state index contributed by atoms with van der Waals surface area (Å²) in [4.78, 5) is 0. The summed E-state index contributed by atoms with van der Waals surface area (Å²) in [7, 11) is -2.24. The average Bonchev–Trinajstić information content (AvgIpc) is 2.24. The fourth-order valence-corrected chi connectivity index (χ4v) is 4.34. The van der Waals surface area contributed by atoms with E-state index in [-0.39, 0.29) is 0 Å². The van der Waals surface area contributed by atoms with Crippen LogP contribution in [0, 0.1) is 0 Å². The van der Waals surface area contributed by atoms with Crippen LogP contribution in [0.4, 0.5) is 0 Å². The minimum absolute atomic E-state index is 0.618. The largest absolute Gasteiger partial charge is 0.424 e. The molecule has 5 nitrogen and oxygen atoms in total. The highest BCUT2D eigenvalue weighted by Gasteiger charge is 2.38. The van der Waals surface area contributed by atoms with Gasteiger partial charge in [-0.05, 0) is 39.9 Å². The molecule has 16 heavy (non-hydrogen) atoms. The van der Waals surface area contributed by atoms with Gasteiger partial charge in [0, 0.05) is 26.3 Å². The van der Waals surface area contributed by atoms with Crippen molar-refractivity contribution in [1.82, 2.24) is 4.57 Å². The molecule has 98 valence electrons. The molecule has 0 aromatic rings. The second-order valence-electron chi connectivity index (χ2n) is 3.68. The van der Waals surface area contributed by atoms with E-state index in [1.165, 1.54) is 0 Å². The number of hydrogen-bond donors (Lipinski definition) is 2. The molecule has 0 aliphatic heterocycles. The smallest absolute Gasteiger partial charge is 0.383 e. The standard InChI is InChI=1S/C10H27N3O2Si/c1-4-14-16(3,15-5-2)13(10-8-12)9-6-7-11/h4-12H2,1-3H3. The van der Waals surface area contributed by atoms with Gasteiger partial charge in [0.25, 0.3) is 0 Å². The van der Waals surface area contributed by atoms with Crippen LogP contribution in [0.2, 0.25) is 6.55 Å². The Bertz CT molecular complexity index is 166. The van der Waals surface area contributed by atoms with E-state index in [2.05, 4.69) is 11.1 Å². The van der Waals surface area contributed by atoms with Gasteiger partial charge in [-0.2, -0.15) is 0 Å². The maximum Gasteiger partial charge on any atom is 0.424 e. The van der Waals surface area contributed by atoms with Crippen molar-refractivity contribution < 1.29 is 8.85 Å². The summed E-state index contributed by atoms with van der Waals surface area (Å²) >= 11 is 0. The van der Waals surface area contributed by atoms with Gasteiger partial charge in [-0.15, -0.1) is 0 Å². The molecule has 0 bridgehead atoms. The maximum atomic E-state index is 5.83. The van der Waals surface area contributed by atoms with Crippen molar-refractivity contribution in [3.63, 3.8) is 0 Å². The Morgan fingerprint density at radius 2 is 1.56 bits per heavy atom. The minimum Gasteiger partial charge on any atom is -0.383 e. The van der Waals surface area contributed by atoms with Gasteiger partial charge >= 0.3 is 8.72 Å². The molecule has 0 radical (unpaired) electrons. The quantitative estimate of drug-likeness (QED) is 0.543. The SMILES string of the molecule is CCO[Si](C)(OCC)N(CCN)CCCN. The Morgan fingerprint density at radius 3 is 1.94 bits per heavy atom. The Balaban J connectivity index is 4.49. The molecule has 0 unspecified atom stereocenters. The highest BCUT2D eigenvalue weighted by Crippen LogP contribution is 2.13.